The highest BCUT2D eigenvalue weighted by Gasteiger charge is 2.37. The molecule has 0 aromatic heterocycles. The number of nitrogens with zero attached hydrogens (tertiary/aromatic N) is 1. The monoisotopic (exact) mass is 272 g/mol. The number of likely N-dealkylation sites (tertiary alicyclic amines) is 1. The highest BCUT2D eigenvalue weighted by molar-refractivity contribution is 5.79. The summed E-state index contributed by atoms with van der Waals surface area (Å²) in [7, 11) is 0. The van der Waals surface area contributed by atoms with Gasteiger partial charge in [0.15, 0.2) is 0 Å². The van der Waals surface area contributed by atoms with Gasteiger partial charge in [0.05, 0.1) is 6.42 Å². The number of rotatable bonds is 2. The minimum Gasteiger partial charge on any atom is -0.399 e. The first-order valence-corrected chi connectivity index (χ1v) is 7.79. The third-order valence-electron chi connectivity index (χ3n) is 5.15. The van der Waals surface area contributed by atoms with E-state index in [1.165, 1.54) is 38.5 Å². The highest BCUT2D eigenvalue weighted by Crippen LogP contribution is 2.46. The summed E-state index contributed by atoms with van der Waals surface area (Å²) in [6.45, 7) is 1.89. The van der Waals surface area contributed by atoms with Gasteiger partial charge in [-0.3, -0.25) is 4.79 Å². The van der Waals surface area contributed by atoms with Gasteiger partial charge < -0.3 is 10.6 Å². The predicted molar refractivity (Wildman–Crippen MR) is 81.3 cm³/mol. The van der Waals surface area contributed by atoms with Gasteiger partial charge in [-0.25, -0.2) is 0 Å². The second-order valence-electron chi connectivity index (χ2n) is 6.51. The zero-order valence-corrected chi connectivity index (χ0v) is 12.1. The second-order valence-corrected chi connectivity index (χ2v) is 6.51. The molecule has 20 heavy (non-hydrogen) atoms. The quantitative estimate of drug-likeness (QED) is 0.841. The number of nitrogen functional groups attached to an aromatic ring is 1. The van der Waals surface area contributed by atoms with E-state index in [1.54, 1.807) is 0 Å². The fourth-order valence-corrected chi connectivity index (χ4v) is 3.84. The summed E-state index contributed by atoms with van der Waals surface area (Å²) in [5.74, 6) is 0.253. The van der Waals surface area contributed by atoms with Gasteiger partial charge in [-0.05, 0) is 48.8 Å². The summed E-state index contributed by atoms with van der Waals surface area (Å²) in [6.07, 6.45) is 8.42. The van der Waals surface area contributed by atoms with E-state index in [0.717, 1.165) is 24.3 Å². The molecular weight excluding hydrogens is 248 g/mol. The maximum Gasteiger partial charge on any atom is 0.226 e. The first-order valence-electron chi connectivity index (χ1n) is 7.79. The first kappa shape index (κ1) is 13.5. The lowest BCUT2D eigenvalue weighted by Gasteiger charge is -2.39. The van der Waals surface area contributed by atoms with E-state index in [9.17, 15) is 4.79 Å². The Kier molecular flexibility index (Phi) is 3.68. The lowest BCUT2D eigenvalue weighted by atomic mass is 9.77. The lowest BCUT2D eigenvalue weighted by Crippen LogP contribution is -2.42. The van der Waals surface area contributed by atoms with Crippen LogP contribution in [0.4, 0.5) is 5.69 Å². The molecule has 0 radical (unpaired) electrons. The maximum atomic E-state index is 12.4. The minimum atomic E-state index is 0.253. The van der Waals surface area contributed by atoms with Crippen molar-refractivity contribution in [3.63, 3.8) is 0 Å². The minimum absolute atomic E-state index is 0.253. The Bertz CT molecular complexity index is 482. The van der Waals surface area contributed by atoms with Crippen LogP contribution < -0.4 is 5.73 Å². The Labute approximate surface area is 121 Å². The average molecular weight is 272 g/mol. The van der Waals surface area contributed by atoms with E-state index >= 15 is 0 Å². The van der Waals surface area contributed by atoms with Crippen LogP contribution in [0.3, 0.4) is 0 Å². The van der Waals surface area contributed by atoms with E-state index in [2.05, 4.69) is 0 Å². The van der Waals surface area contributed by atoms with Crippen LogP contribution in [0.2, 0.25) is 0 Å². The molecule has 1 aromatic rings. The van der Waals surface area contributed by atoms with E-state index in [4.69, 9.17) is 5.73 Å². The molecule has 1 aromatic carbocycles. The summed E-state index contributed by atoms with van der Waals surface area (Å²) in [4.78, 5) is 14.4. The number of amides is 1. The van der Waals surface area contributed by atoms with Crippen molar-refractivity contribution in [2.45, 2.75) is 44.9 Å². The van der Waals surface area contributed by atoms with Crippen molar-refractivity contribution in [2.75, 3.05) is 18.8 Å². The van der Waals surface area contributed by atoms with Gasteiger partial charge >= 0.3 is 0 Å². The van der Waals surface area contributed by atoms with Crippen molar-refractivity contribution in [1.82, 2.24) is 4.90 Å². The van der Waals surface area contributed by atoms with E-state index in [1.807, 2.05) is 29.2 Å². The predicted octanol–water partition coefficient (Wildman–Crippen LogP) is 2.99. The molecule has 0 bridgehead atoms. The molecule has 1 spiro atoms. The van der Waals surface area contributed by atoms with E-state index < -0.39 is 0 Å². The highest BCUT2D eigenvalue weighted by atomic mass is 16.2. The molecule has 1 aliphatic carbocycles. The molecule has 2 N–H and O–H groups in total. The summed E-state index contributed by atoms with van der Waals surface area (Å²) in [5, 5.41) is 0. The zero-order chi connectivity index (χ0) is 14.0. The standard InChI is InChI=1S/C17H24N2O/c18-15-5-3-4-14(12-15)13-16(20)19-10-8-17(9-11-19)6-1-2-7-17/h3-5,12H,1-2,6-11,13,18H2. The molecule has 3 nitrogen and oxygen atoms in total. The van der Waals surface area contributed by atoms with Gasteiger partial charge in [-0.1, -0.05) is 25.0 Å². The summed E-state index contributed by atoms with van der Waals surface area (Å²) in [6, 6.07) is 7.66. The Morgan fingerprint density at radius 1 is 1.15 bits per heavy atom. The third-order valence-corrected chi connectivity index (χ3v) is 5.15. The van der Waals surface area contributed by atoms with Crippen LogP contribution in [0, 0.1) is 5.41 Å². The van der Waals surface area contributed by atoms with Crippen LogP contribution in [0.1, 0.15) is 44.1 Å². The average Bonchev–Trinajstić information content (AvgIpc) is 2.88. The van der Waals surface area contributed by atoms with Gasteiger partial charge in [0.2, 0.25) is 5.91 Å². The molecule has 0 atom stereocenters. The lowest BCUT2D eigenvalue weighted by molar-refractivity contribution is -0.132. The molecule has 2 fully saturated rings. The van der Waals surface area contributed by atoms with Crippen molar-refractivity contribution < 1.29 is 4.79 Å². The number of piperidine rings is 1. The molecule has 1 saturated carbocycles. The van der Waals surface area contributed by atoms with Crippen LogP contribution in [0.5, 0.6) is 0 Å². The van der Waals surface area contributed by atoms with Crippen molar-refractivity contribution in [2.24, 2.45) is 5.41 Å². The summed E-state index contributed by atoms with van der Waals surface area (Å²) < 4.78 is 0. The van der Waals surface area contributed by atoms with Gasteiger partial charge in [-0.15, -0.1) is 0 Å². The van der Waals surface area contributed by atoms with Crippen molar-refractivity contribution >= 4 is 11.6 Å². The number of nitrogens with two attached hydrogens (primary N) is 1. The SMILES string of the molecule is Nc1cccc(CC(=O)N2CCC3(CCCC3)CC2)c1. The molecule has 1 heterocycles. The van der Waals surface area contributed by atoms with Crippen LogP contribution in [-0.2, 0) is 11.2 Å². The topological polar surface area (TPSA) is 46.3 Å². The van der Waals surface area contributed by atoms with Gasteiger partial charge in [0.1, 0.15) is 0 Å². The first-order chi connectivity index (χ1) is 9.67. The van der Waals surface area contributed by atoms with Crippen molar-refractivity contribution in [3.8, 4) is 0 Å². The number of benzene rings is 1. The fourth-order valence-electron chi connectivity index (χ4n) is 3.84. The number of carbonyl (C=O) groups excluding carboxylic acids is 1. The molecule has 1 amide bonds. The number of anilines is 1. The van der Waals surface area contributed by atoms with Gasteiger partial charge in [-0.2, -0.15) is 0 Å². The molecule has 1 aliphatic heterocycles. The van der Waals surface area contributed by atoms with Crippen molar-refractivity contribution in [1.29, 1.82) is 0 Å². The molecular formula is C17H24N2O. The van der Waals surface area contributed by atoms with Crippen molar-refractivity contribution in [3.05, 3.63) is 29.8 Å². The number of carbonyl (C=O) groups is 1. The Morgan fingerprint density at radius 2 is 1.85 bits per heavy atom. The summed E-state index contributed by atoms with van der Waals surface area (Å²) >= 11 is 0. The second kappa shape index (κ2) is 5.47. The number of hydrogen-bond acceptors (Lipinski definition) is 2. The Balaban J connectivity index is 1.56. The number of hydrogen-bond donors (Lipinski definition) is 1. The van der Waals surface area contributed by atoms with Crippen LogP contribution >= 0.6 is 0 Å². The molecule has 0 unspecified atom stereocenters. The third kappa shape index (κ3) is 2.82. The Morgan fingerprint density at radius 3 is 2.50 bits per heavy atom. The van der Waals surface area contributed by atoms with Crippen LogP contribution in [0.15, 0.2) is 24.3 Å². The normalized spacial score (nSPS) is 21.3. The van der Waals surface area contributed by atoms with Crippen LogP contribution in [0.25, 0.3) is 0 Å². The largest absolute Gasteiger partial charge is 0.399 e. The van der Waals surface area contributed by atoms with E-state index in [-0.39, 0.29) is 5.91 Å². The molecule has 2 aliphatic rings. The molecule has 3 rings (SSSR count). The van der Waals surface area contributed by atoms with E-state index in [0.29, 0.717) is 11.8 Å². The molecule has 1 saturated heterocycles. The van der Waals surface area contributed by atoms with Gasteiger partial charge in [0, 0.05) is 18.8 Å². The van der Waals surface area contributed by atoms with Gasteiger partial charge in [0.25, 0.3) is 0 Å². The molecule has 108 valence electrons. The smallest absolute Gasteiger partial charge is 0.226 e. The molecule has 3 heteroatoms. The fraction of sp³-hybridized carbons (Fsp3) is 0.588. The maximum absolute atomic E-state index is 12.4. The summed E-state index contributed by atoms with van der Waals surface area (Å²) in [5.41, 5.74) is 8.10. The Hall–Kier alpha value is -1.51. The zero-order valence-electron chi connectivity index (χ0n) is 12.1. The van der Waals surface area contributed by atoms with Crippen LogP contribution in [-0.4, -0.2) is 23.9 Å².